The number of likely N-dealkylation sites (tertiary alicyclic amines) is 1. The Balaban J connectivity index is 1.39. The standard InChI is InChI=1S/C21H20N6O3/c1-2-17(28)23-15-6-3-13(4-7-15)20(30)27-10-9-16(12-27)24-21-22-11-14-5-8-18(29)25-19(14)26-21/h2-8,11,16H,1,9-10,12H2,(H,23,28)(H2,22,24,25,26,29)/t16-/m1/s1. The van der Waals surface area contributed by atoms with Gasteiger partial charge in [-0.1, -0.05) is 6.58 Å². The molecule has 1 aliphatic heterocycles. The molecule has 3 aromatic rings. The summed E-state index contributed by atoms with van der Waals surface area (Å²) in [6.07, 6.45) is 3.59. The number of anilines is 2. The van der Waals surface area contributed by atoms with E-state index in [0.29, 0.717) is 35.9 Å². The van der Waals surface area contributed by atoms with E-state index in [9.17, 15) is 14.4 Å². The van der Waals surface area contributed by atoms with Gasteiger partial charge in [-0.2, -0.15) is 4.98 Å². The summed E-state index contributed by atoms with van der Waals surface area (Å²) >= 11 is 0. The zero-order valence-electron chi connectivity index (χ0n) is 16.1. The topological polar surface area (TPSA) is 120 Å². The van der Waals surface area contributed by atoms with Gasteiger partial charge in [-0.25, -0.2) is 4.98 Å². The van der Waals surface area contributed by atoms with E-state index in [1.54, 1.807) is 41.4 Å². The summed E-state index contributed by atoms with van der Waals surface area (Å²) < 4.78 is 0. The maximum absolute atomic E-state index is 12.8. The zero-order valence-corrected chi connectivity index (χ0v) is 16.1. The van der Waals surface area contributed by atoms with E-state index in [-0.39, 0.29) is 23.4 Å². The fraction of sp³-hybridized carbons (Fsp3) is 0.190. The van der Waals surface area contributed by atoms with Gasteiger partial charge in [0.2, 0.25) is 17.4 Å². The molecule has 1 atom stereocenters. The smallest absolute Gasteiger partial charge is 0.253 e. The van der Waals surface area contributed by atoms with Crippen LogP contribution in [0.5, 0.6) is 0 Å². The van der Waals surface area contributed by atoms with E-state index < -0.39 is 0 Å². The number of rotatable bonds is 5. The van der Waals surface area contributed by atoms with Crippen LogP contribution >= 0.6 is 0 Å². The normalized spacial score (nSPS) is 15.7. The lowest BCUT2D eigenvalue weighted by Crippen LogP contribution is -2.31. The van der Waals surface area contributed by atoms with Gasteiger partial charge in [0.15, 0.2) is 0 Å². The van der Waals surface area contributed by atoms with Gasteiger partial charge < -0.3 is 20.5 Å². The predicted molar refractivity (Wildman–Crippen MR) is 113 cm³/mol. The van der Waals surface area contributed by atoms with Gasteiger partial charge in [0.1, 0.15) is 5.65 Å². The molecule has 0 bridgehead atoms. The number of pyridine rings is 1. The highest BCUT2D eigenvalue weighted by Crippen LogP contribution is 2.18. The summed E-state index contributed by atoms with van der Waals surface area (Å²) in [5, 5.41) is 6.63. The minimum Gasteiger partial charge on any atom is -0.350 e. The van der Waals surface area contributed by atoms with Crippen LogP contribution in [-0.4, -0.2) is 50.8 Å². The van der Waals surface area contributed by atoms with Crippen LogP contribution < -0.4 is 16.2 Å². The molecule has 0 saturated carbocycles. The Hall–Kier alpha value is -4.01. The molecule has 30 heavy (non-hydrogen) atoms. The number of aromatic nitrogens is 3. The van der Waals surface area contributed by atoms with Crippen LogP contribution in [0.3, 0.4) is 0 Å². The molecule has 1 aromatic carbocycles. The molecule has 2 amide bonds. The second kappa shape index (κ2) is 8.16. The van der Waals surface area contributed by atoms with Crippen molar-refractivity contribution >= 4 is 34.5 Å². The number of hydrogen-bond acceptors (Lipinski definition) is 6. The molecule has 0 unspecified atom stereocenters. The number of carbonyl (C=O) groups excluding carboxylic acids is 2. The van der Waals surface area contributed by atoms with Crippen LogP contribution in [0.2, 0.25) is 0 Å². The van der Waals surface area contributed by atoms with Crippen molar-refractivity contribution in [2.45, 2.75) is 12.5 Å². The minimum atomic E-state index is -0.303. The summed E-state index contributed by atoms with van der Waals surface area (Å²) in [5.74, 6) is 0.0261. The fourth-order valence-electron chi connectivity index (χ4n) is 3.32. The van der Waals surface area contributed by atoms with E-state index in [2.05, 4.69) is 32.2 Å². The number of nitrogens with zero attached hydrogens (tertiary/aromatic N) is 3. The van der Waals surface area contributed by atoms with Gasteiger partial charge in [-0.15, -0.1) is 0 Å². The first-order chi connectivity index (χ1) is 14.5. The molecule has 3 N–H and O–H groups in total. The second-order valence-electron chi connectivity index (χ2n) is 6.97. The largest absolute Gasteiger partial charge is 0.350 e. The Labute approximate surface area is 171 Å². The van der Waals surface area contributed by atoms with Crippen molar-refractivity contribution in [2.75, 3.05) is 23.7 Å². The van der Waals surface area contributed by atoms with Gasteiger partial charge >= 0.3 is 0 Å². The van der Waals surface area contributed by atoms with Crippen LogP contribution in [-0.2, 0) is 4.79 Å². The average molecular weight is 404 g/mol. The summed E-state index contributed by atoms with van der Waals surface area (Å²) in [6, 6.07) is 9.85. The van der Waals surface area contributed by atoms with Crippen LogP contribution in [0.4, 0.5) is 11.6 Å². The Bertz CT molecular complexity index is 1170. The number of nitrogens with one attached hydrogen (secondary N) is 3. The van der Waals surface area contributed by atoms with E-state index >= 15 is 0 Å². The first-order valence-electron chi connectivity index (χ1n) is 9.47. The summed E-state index contributed by atoms with van der Waals surface area (Å²) in [5.41, 5.74) is 1.39. The monoisotopic (exact) mass is 404 g/mol. The van der Waals surface area contributed by atoms with Gasteiger partial charge in [0.05, 0.1) is 0 Å². The molecule has 1 saturated heterocycles. The lowest BCUT2D eigenvalue weighted by atomic mass is 10.2. The Morgan fingerprint density at radius 2 is 2.00 bits per heavy atom. The Kier molecular flexibility index (Phi) is 5.25. The molecule has 2 aromatic heterocycles. The number of aromatic amines is 1. The fourth-order valence-corrected chi connectivity index (χ4v) is 3.32. The quantitative estimate of drug-likeness (QED) is 0.558. The third-order valence-electron chi connectivity index (χ3n) is 4.87. The lowest BCUT2D eigenvalue weighted by molar-refractivity contribution is -0.111. The van der Waals surface area contributed by atoms with E-state index in [0.717, 1.165) is 11.8 Å². The molecule has 0 aliphatic carbocycles. The van der Waals surface area contributed by atoms with E-state index in [1.807, 2.05) is 0 Å². The molecular formula is C21H20N6O3. The molecule has 0 spiro atoms. The highest BCUT2D eigenvalue weighted by Gasteiger charge is 2.27. The van der Waals surface area contributed by atoms with Crippen molar-refractivity contribution in [1.82, 2.24) is 19.9 Å². The van der Waals surface area contributed by atoms with Crippen LogP contribution in [0, 0.1) is 0 Å². The van der Waals surface area contributed by atoms with Crippen molar-refractivity contribution in [3.8, 4) is 0 Å². The number of hydrogen-bond donors (Lipinski definition) is 3. The molecule has 152 valence electrons. The third-order valence-corrected chi connectivity index (χ3v) is 4.87. The zero-order chi connectivity index (χ0) is 21.1. The Morgan fingerprint density at radius 1 is 1.20 bits per heavy atom. The molecule has 9 nitrogen and oxygen atoms in total. The molecule has 3 heterocycles. The summed E-state index contributed by atoms with van der Waals surface area (Å²) in [6.45, 7) is 4.53. The number of fused-ring (bicyclic) bond motifs is 1. The van der Waals surface area contributed by atoms with Crippen molar-refractivity contribution in [1.29, 1.82) is 0 Å². The molecule has 4 rings (SSSR count). The lowest BCUT2D eigenvalue weighted by Gasteiger charge is -2.17. The predicted octanol–water partition coefficient (Wildman–Crippen LogP) is 1.77. The maximum atomic E-state index is 12.8. The SMILES string of the molecule is C=CC(=O)Nc1ccc(C(=O)N2CC[C@@H](Nc3ncc4ccc(=O)[nH]c4n3)C2)cc1. The minimum absolute atomic E-state index is 0.00740. The number of amides is 2. The van der Waals surface area contributed by atoms with Crippen molar-refractivity contribution < 1.29 is 9.59 Å². The summed E-state index contributed by atoms with van der Waals surface area (Å²) in [7, 11) is 0. The molecular weight excluding hydrogens is 384 g/mol. The Morgan fingerprint density at radius 3 is 2.77 bits per heavy atom. The third kappa shape index (κ3) is 4.19. The van der Waals surface area contributed by atoms with Crippen molar-refractivity contribution in [2.24, 2.45) is 0 Å². The molecule has 0 radical (unpaired) electrons. The van der Waals surface area contributed by atoms with Crippen LogP contribution in [0.25, 0.3) is 11.0 Å². The second-order valence-corrected chi connectivity index (χ2v) is 6.97. The highest BCUT2D eigenvalue weighted by atomic mass is 16.2. The number of H-pyrrole nitrogens is 1. The number of benzene rings is 1. The van der Waals surface area contributed by atoms with Gasteiger partial charge in [-0.05, 0) is 42.8 Å². The molecule has 9 heteroatoms. The van der Waals surface area contributed by atoms with Crippen molar-refractivity contribution in [3.63, 3.8) is 0 Å². The molecule has 1 fully saturated rings. The highest BCUT2D eigenvalue weighted by molar-refractivity contribution is 5.99. The maximum Gasteiger partial charge on any atom is 0.253 e. The first-order valence-corrected chi connectivity index (χ1v) is 9.47. The van der Waals surface area contributed by atoms with Gasteiger partial charge in [-0.3, -0.25) is 14.4 Å². The van der Waals surface area contributed by atoms with Crippen molar-refractivity contribution in [3.05, 3.63) is 71.2 Å². The van der Waals surface area contributed by atoms with E-state index in [1.165, 1.54) is 12.1 Å². The summed E-state index contributed by atoms with van der Waals surface area (Å²) in [4.78, 5) is 48.7. The van der Waals surface area contributed by atoms with Crippen LogP contribution in [0.1, 0.15) is 16.8 Å². The number of carbonyl (C=O) groups is 2. The average Bonchev–Trinajstić information content (AvgIpc) is 3.22. The van der Waals surface area contributed by atoms with Crippen LogP contribution in [0.15, 0.2) is 60.0 Å². The van der Waals surface area contributed by atoms with Gasteiger partial charge in [0.25, 0.3) is 5.91 Å². The van der Waals surface area contributed by atoms with E-state index in [4.69, 9.17) is 0 Å². The molecule has 1 aliphatic rings. The van der Waals surface area contributed by atoms with Gasteiger partial charge in [0, 0.05) is 48.0 Å². The first kappa shape index (κ1) is 19.3.